The second-order valence-corrected chi connectivity index (χ2v) is 3.92. The standard InChI is InChI=1S/C10H16O4/c1-6(10(12)13)5-8(11)9-4-3-7(2)14-9/h6-7,9H,3-5H2,1-2H3,(H,12,13). The van der Waals surface area contributed by atoms with Gasteiger partial charge in [0.2, 0.25) is 0 Å². The zero-order valence-corrected chi connectivity index (χ0v) is 8.53. The maximum absolute atomic E-state index is 11.5. The van der Waals surface area contributed by atoms with Crippen molar-refractivity contribution in [3.63, 3.8) is 0 Å². The molecule has 0 aromatic heterocycles. The average Bonchev–Trinajstić information content (AvgIpc) is 2.51. The number of hydrogen-bond donors (Lipinski definition) is 1. The first-order valence-corrected chi connectivity index (χ1v) is 4.91. The molecule has 1 heterocycles. The van der Waals surface area contributed by atoms with Gasteiger partial charge >= 0.3 is 5.97 Å². The SMILES string of the molecule is CC1CCC(C(=O)CC(C)C(=O)O)O1. The number of carbonyl (C=O) groups is 2. The number of hydrogen-bond acceptors (Lipinski definition) is 3. The lowest BCUT2D eigenvalue weighted by Crippen LogP contribution is -2.25. The van der Waals surface area contributed by atoms with Crippen molar-refractivity contribution in [1.82, 2.24) is 0 Å². The molecule has 0 amide bonds. The normalized spacial score (nSPS) is 28.7. The lowest BCUT2D eigenvalue weighted by molar-refractivity contribution is -0.144. The Morgan fingerprint density at radius 3 is 2.57 bits per heavy atom. The van der Waals surface area contributed by atoms with Gasteiger partial charge < -0.3 is 9.84 Å². The number of Topliss-reactive ketones (excluding diaryl/α,β-unsaturated/α-hetero) is 1. The Labute approximate surface area is 83.2 Å². The smallest absolute Gasteiger partial charge is 0.306 e. The molecular formula is C10H16O4. The van der Waals surface area contributed by atoms with Gasteiger partial charge in [-0.05, 0) is 19.8 Å². The number of ether oxygens (including phenoxy) is 1. The summed E-state index contributed by atoms with van der Waals surface area (Å²) in [7, 11) is 0. The summed E-state index contributed by atoms with van der Waals surface area (Å²) >= 11 is 0. The van der Waals surface area contributed by atoms with Crippen LogP contribution in [0.25, 0.3) is 0 Å². The maximum Gasteiger partial charge on any atom is 0.306 e. The summed E-state index contributed by atoms with van der Waals surface area (Å²) in [4.78, 5) is 22.0. The zero-order valence-electron chi connectivity index (χ0n) is 8.53. The van der Waals surface area contributed by atoms with Crippen LogP contribution in [-0.2, 0) is 14.3 Å². The minimum absolute atomic E-state index is 0.0761. The molecule has 0 aromatic carbocycles. The van der Waals surface area contributed by atoms with Crippen LogP contribution in [0.4, 0.5) is 0 Å². The molecule has 0 aromatic rings. The summed E-state index contributed by atoms with van der Waals surface area (Å²) in [6.45, 7) is 3.46. The van der Waals surface area contributed by atoms with E-state index in [1.807, 2.05) is 6.92 Å². The number of aliphatic carboxylic acids is 1. The van der Waals surface area contributed by atoms with Crippen molar-refractivity contribution in [2.45, 2.75) is 45.3 Å². The monoisotopic (exact) mass is 200 g/mol. The molecule has 0 aliphatic carbocycles. The van der Waals surface area contributed by atoms with Crippen LogP contribution in [0, 0.1) is 5.92 Å². The minimum Gasteiger partial charge on any atom is -0.481 e. The molecule has 4 heteroatoms. The number of rotatable bonds is 4. The van der Waals surface area contributed by atoms with Crippen LogP contribution < -0.4 is 0 Å². The second-order valence-electron chi connectivity index (χ2n) is 3.92. The first-order chi connectivity index (χ1) is 6.50. The summed E-state index contributed by atoms with van der Waals surface area (Å²) in [6, 6.07) is 0. The molecule has 3 atom stereocenters. The van der Waals surface area contributed by atoms with E-state index in [1.165, 1.54) is 0 Å². The topological polar surface area (TPSA) is 63.6 Å². The summed E-state index contributed by atoms with van der Waals surface area (Å²) < 4.78 is 5.36. The summed E-state index contributed by atoms with van der Waals surface area (Å²) in [5, 5.41) is 8.63. The van der Waals surface area contributed by atoms with Crippen molar-refractivity contribution >= 4 is 11.8 Å². The van der Waals surface area contributed by atoms with Crippen LogP contribution >= 0.6 is 0 Å². The number of carboxylic acid groups (broad SMARTS) is 1. The van der Waals surface area contributed by atoms with Crippen molar-refractivity contribution in [2.24, 2.45) is 5.92 Å². The fourth-order valence-electron chi connectivity index (χ4n) is 1.56. The van der Waals surface area contributed by atoms with E-state index in [0.29, 0.717) is 0 Å². The molecular weight excluding hydrogens is 184 g/mol. The first kappa shape index (κ1) is 11.2. The van der Waals surface area contributed by atoms with E-state index in [0.717, 1.165) is 12.8 Å². The third-order valence-corrected chi connectivity index (χ3v) is 2.52. The number of carboxylic acids is 1. The highest BCUT2D eigenvalue weighted by atomic mass is 16.5. The molecule has 0 radical (unpaired) electrons. The molecule has 1 aliphatic rings. The lowest BCUT2D eigenvalue weighted by Gasteiger charge is -2.11. The minimum atomic E-state index is -0.926. The second kappa shape index (κ2) is 4.55. The number of ketones is 1. The predicted molar refractivity (Wildman–Crippen MR) is 50.0 cm³/mol. The fraction of sp³-hybridized carbons (Fsp3) is 0.800. The fourth-order valence-corrected chi connectivity index (χ4v) is 1.56. The number of carbonyl (C=O) groups excluding carboxylic acids is 1. The van der Waals surface area contributed by atoms with Crippen molar-refractivity contribution in [3.05, 3.63) is 0 Å². The molecule has 0 bridgehead atoms. The Morgan fingerprint density at radius 2 is 2.14 bits per heavy atom. The largest absolute Gasteiger partial charge is 0.481 e. The third kappa shape index (κ3) is 2.80. The molecule has 1 rings (SSSR count). The van der Waals surface area contributed by atoms with Gasteiger partial charge in [-0.3, -0.25) is 9.59 Å². The molecule has 0 saturated carbocycles. The van der Waals surface area contributed by atoms with E-state index in [2.05, 4.69) is 0 Å². The van der Waals surface area contributed by atoms with Crippen molar-refractivity contribution < 1.29 is 19.4 Å². The molecule has 80 valence electrons. The Morgan fingerprint density at radius 1 is 1.50 bits per heavy atom. The van der Waals surface area contributed by atoms with Crippen LogP contribution in [-0.4, -0.2) is 29.1 Å². The Bertz CT molecular complexity index is 236. The predicted octanol–water partition coefficient (Wildman–Crippen LogP) is 1.23. The molecule has 0 spiro atoms. The van der Waals surface area contributed by atoms with Gasteiger partial charge in [-0.25, -0.2) is 0 Å². The zero-order chi connectivity index (χ0) is 10.7. The summed E-state index contributed by atoms with van der Waals surface area (Å²) in [6.07, 6.45) is 1.45. The first-order valence-electron chi connectivity index (χ1n) is 4.91. The Kier molecular flexibility index (Phi) is 3.63. The molecule has 1 aliphatic heterocycles. The van der Waals surface area contributed by atoms with E-state index in [1.54, 1.807) is 6.92 Å². The Hall–Kier alpha value is -0.900. The molecule has 4 nitrogen and oxygen atoms in total. The molecule has 3 unspecified atom stereocenters. The maximum atomic E-state index is 11.5. The van der Waals surface area contributed by atoms with E-state index in [4.69, 9.17) is 9.84 Å². The van der Waals surface area contributed by atoms with Crippen molar-refractivity contribution in [1.29, 1.82) is 0 Å². The van der Waals surface area contributed by atoms with Crippen LogP contribution in [0.5, 0.6) is 0 Å². The quantitative estimate of drug-likeness (QED) is 0.741. The highest BCUT2D eigenvalue weighted by Gasteiger charge is 2.29. The van der Waals surface area contributed by atoms with E-state index >= 15 is 0 Å². The van der Waals surface area contributed by atoms with Gasteiger partial charge in [0, 0.05) is 6.42 Å². The van der Waals surface area contributed by atoms with Gasteiger partial charge in [-0.2, -0.15) is 0 Å². The van der Waals surface area contributed by atoms with Gasteiger partial charge in [0.15, 0.2) is 5.78 Å². The lowest BCUT2D eigenvalue weighted by atomic mass is 10.0. The average molecular weight is 200 g/mol. The van der Waals surface area contributed by atoms with Crippen LogP contribution in [0.3, 0.4) is 0 Å². The van der Waals surface area contributed by atoms with E-state index in [-0.39, 0.29) is 24.4 Å². The van der Waals surface area contributed by atoms with Crippen LogP contribution in [0.2, 0.25) is 0 Å². The molecule has 1 N–H and O–H groups in total. The van der Waals surface area contributed by atoms with E-state index < -0.39 is 11.9 Å². The van der Waals surface area contributed by atoms with Gasteiger partial charge in [-0.15, -0.1) is 0 Å². The highest BCUT2D eigenvalue weighted by Crippen LogP contribution is 2.21. The van der Waals surface area contributed by atoms with Gasteiger partial charge in [0.25, 0.3) is 0 Å². The molecule has 1 fully saturated rings. The van der Waals surface area contributed by atoms with Crippen molar-refractivity contribution in [2.75, 3.05) is 0 Å². The third-order valence-electron chi connectivity index (χ3n) is 2.52. The van der Waals surface area contributed by atoms with Gasteiger partial charge in [-0.1, -0.05) is 6.92 Å². The highest BCUT2D eigenvalue weighted by molar-refractivity contribution is 5.87. The van der Waals surface area contributed by atoms with Crippen LogP contribution in [0.15, 0.2) is 0 Å². The van der Waals surface area contributed by atoms with E-state index in [9.17, 15) is 9.59 Å². The molecule has 14 heavy (non-hydrogen) atoms. The summed E-state index contributed by atoms with van der Waals surface area (Å²) in [5.41, 5.74) is 0. The molecule has 1 saturated heterocycles. The Balaban J connectivity index is 2.39. The van der Waals surface area contributed by atoms with Crippen LogP contribution in [0.1, 0.15) is 33.1 Å². The summed E-state index contributed by atoms with van der Waals surface area (Å²) in [5.74, 6) is -1.62. The van der Waals surface area contributed by atoms with Gasteiger partial charge in [0.1, 0.15) is 6.10 Å². The van der Waals surface area contributed by atoms with Gasteiger partial charge in [0.05, 0.1) is 12.0 Å². The van der Waals surface area contributed by atoms with Crippen molar-refractivity contribution in [3.8, 4) is 0 Å².